The van der Waals surface area contributed by atoms with Crippen LogP contribution in [-0.2, 0) is 19.2 Å². The molecule has 12 heteroatoms. The van der Waals surface area contributed by atoms with Gasteiger partial charge in [-0.15, -0.1) is 0 Å². The van der Waals surface area contributed by atoms with Gasteiger partial charge in [-0.3, -0.25) is 19.2 Å². The molecule has 1 aliphatic carbocycles. The van der Waals surface area contributed by atoms with E-state index in [1.807, 2.05) is 5.32 Å². The van der Waals surface area contributed by atoms with Crippen LogP contribution in [0.5, 0.6) is 0 Å². The standard InChI is InChI=1S/C23H32F3N5O4/c1-21(2,3)16(30-20(35)23(24,25)26)19(34)31-10-13-14(22(13,4)5)15(31)18(33)29-12(9-27)8-11-6-7-28-17(11)32/h11-16H,6-8,10H2,1-5H3,(H,28,32)(H,29,33)(H,30,35)/t11-,12-,13-,14-,15-,16?/m0/s1/i1D3,2D3,3D3,11D,12D,16D. The molecule has 194 valence electrons. The average Bonchev–Trinajstić information content (AvgIpc) is 3.14. The summed E-state index contributed by atoms with van der Waals surface area (Å²) in [7, 11) is 0. The molecule has 0 spiro atoms. The maximum atomic E-state index is 14.2. The fourth-order valence-corrected chi connectivity index (χ4v) is 4.71. The Balaban J connectivity index is 2.21. The van der Waals surface area contributed by atoms with Gasteiger partial charge in [-0.05, 0) is 35.5 Å². The van der Waals surface area contributed by atoms with Crippen molar-refractivity contribution in [2.24, 2.45) is 28.6 Å². The zero-order valence-electron chi connectivity index (χ0n) is 30.7. The molecule has 35 heavy (non-hydrogen) atoms. The molecule has 1 saturated carbocycles. The molecule has 0 aromatic heterocycles. The Labute approximate surface area is 219 Å². The molecule has 0 aromatic carbocycles. The van der Waals surface area contributed by atoms with E-state index < -0.39 is 110 Å². The molecule has 2 heterocycles. The van der Waals surface area contributed by atoms with Crippen molar-refractivity contribution < 1.29 is 48.8 Å². The third kappa shape index (κ3) is 5.23. The second-order valence-corrected chi connectivity index (χ2v) is 9.30. The molecule has 0 aromatic rings. The van der Waals surface area contributed by atoms with Gasteiger partial charge in [0, 0.05) is 32.7 Å². The quantitative estimate of drug-likeness (QED) is 0.491. The number of amides is 4. The molecule has 9 nitrogen and oxygen atoms in total. The maximum Gasteiger partial charge on any atom is 0.471 e. The van der Waals surface area contributed by atoms with E-state index in [0.717, 1.165) is 5.32 Å². The van der Waals surface area contributed by atoms with Crippen LogP contribution in [0.3, 0.4) is 0 Å². The molecule has 2 saturated heterocycles. The molecule has 3 fully saturated rings. The van der Waals surface area contributed by atoms with Crippen LogP contribution in [0, 0.1) is 39.9 Å². The summed E-state index contributed by atoms with van der Waals surface area (Å²) in [6.07, 6.45) is -7.03. The number of nitriles is 1. The molecule has 4 amide bonds. The highest BCUT2D eigenvalue weighted by atomic mass is 19.4. The van der Waals surface area contributed by atoms with E-state index in [-0.39, 0.29) is 17.9 Å². The van der Waals surface area contributed by atoms with Gasteiger partial charge < -0.3 is 20.9 Å². The SMILES string of the molecule is [2H]C([2H])([2H])C(C([2H])([2H])[2H])(C([2H])([2H])[2H])C([2H])(NC(=O)C(F)(F)F)C(=O)N1C[C@H]2[C@@H]([C@H]1C(=O)N[C@]([2H])(C#N)C[C@]1([2H])CCNC1=O)C2(C)C. The topological polar surface area (TPSA) is 131 Å². The summed E-state index contributed by atoms with van der Waals surface area (Å²) >= 11 is 0. The maximum absolute atomic E-state index is 14.2. The summed E-state index contributed by atoms with van der Waals surface area (Å²) in [4.78, 5) is 52.7. The third-order valence-electron chi connectivity index (χ3n) is 6.66. The van der Waals surface area contributed by atoms with Crippen molar-refractivity contribution in [3.8, 4) is 6.07 Å². The summed E-state index contributed by atoms with van der Waals surface area (Å²) in [6.45, 7) is -10.9. The highest BCUT2D eigenvalue weighted by Crippen LogP contribution is 2.65. The Morgan fingerprint density at radius 3 is 2.51 bits per heavy atom. The van der Waals surface area contributed by atoms with Crippen molar-refractivity contribution in [2.75, 3.05) is 13.1 Å². The van der Waals surface area contributed by atoms with E-state index in [9.17, 15) is 37.6 Å². The summed E-state index contributed by atoms with van der Waals surface area (Å²) in [5, 5.41) is 14.8. The zero-order chi connectivity index (χ0) is 36.8. The van der Waals surface area contributed by atoms with Gasteiger partial charge >= 0.3 is 12.1 Å². The van der Waals surface area contributed by atoms with Crippen molar-refractivity contribution >= 4 is 23.6 Å². The number of likely N-dealkylation sites (tertiary alicyclic amines) is 1. The second kappa shape index (κ2) is 8.99. The minimum atomic E-state index is -5.99. The first kappa shape index (κ1) is 14.7. The first-order valence-electron chi connectivity index (χ1n) is 16.5. The monoisotopic (exact) mass is 511 g/mol. The lowest BCUT2D eigenvalue weighted by molar-refractivity contribution is -0.176. The molecule has 3 N–H and O–H groups in total. The zero-order valence-corrected chi connectivity index (χ0v) is 18.7. The van der Waals surface area contributed by atoms with Gasteiger partial charge in [-0.25, -0.2) is 0 Å². The smallest absolute Gasteiger partial charge is 0.356 e. The number of rotatable bonds is 6. The number of nitrogens with one attached hydrogen (secondary N) is 3. The number of nitrogens with zero attached hydrogens (tertiary/aromatic N) is 2. The van der Waals surface area contributed by atoms with Crippen LogP contribution in [0.4, 0.5) is 13.2 Å². The van der Waals surface area contributed by atoms with Gasteiger partial charge in [0.15, 0.2) is 0 Å². The normalized spacial score (nSPS) is 38.9. The highest BCUT2D eigenvalue weighted by molar-refractivity contribution is 5.95. The molecule has 2 aliphatic heterocycles. The van der Waals surface area contributed by atoms with Crippen LogP contribution >= 0.6 is 0 Å². The summed E-state index contributed by atoms with van der Waals surface area (Å²) in [5.74, 6) is -11.5. The van der Waals surface area contributed by atoms with E-state index in [1.54, 1.807) is 13.8 Å². The van der Waals surface area contributed by atoms with Crippen LogP contribution in [0.25, 0.3) is 0 Å². The van der Waals surface area contributed by atoms with Crippen molar-refractivity contribution in [3.63, 3.8) is 0 Å². The average molecular weight is 512 g/mol. The van der Waals surface area contributed by atoms with Crippen molar-refractivity contribution in [2.45, 2.75) is 71.5 Å². The Hall–Kier alpha value is -2.84. The van der Waals surface area contributed by atoms with E-state index in [0.29, 0.717) is 0 Å². The second-order valence-electron chi connectivity index (χ2n) is 9.30. The molecule has 0 bridgehead atoms. The lowest BCUT2D eigenvalue weighted by Crippen LogP contribution is -2.61. The largest absolute Gasteiger partial charge is 0.471 e. The Morgan fingerprint density at radius 1 is 1.34 bits per heavy atom. The van der Waals surface area contributed by atoms with Gasteiger partial charge in [0.25, 0.3) is 0 Å². The number of piperidine rings is 1. The van der Waals surface area contributed by atoms with Crippen LogP contribution in [0.1, 0.15) is 63.7 Å². The molecule has 1 unspecified atom stereocenters. The fraction of sp³-hybridized carbons (Fsp3) is 0.783. The number of alkyl halides is 3. The molecular formula is C23H32F3N5O4. The van der Waals surface area contributed by atoms with E-state index in [2.05, 4.69) is 5.32 Å². The number of hydrogen-bond donors (Lipinski definition) is 3. The van der Waals surface area contributed by atoms with Crippen LogP contribution < -0.4 is 16.0 Å². The minimum Gasteiger partial charge on any atom is -0.356 e. The van der Waals surface area contributed by atoms with E-state index >= 15 is 0 Å². The first-order valence-corrected chi connectivity index (χ1v) is 10.5. The number of fused-ring (bicyclic) bond motifs is 1. The number of hydrogen-bond acceptors (Lipinski definition) is 5. The van der Waals surface area contributed by atoms with Gasteiger partial charge in [-0.2, -0.15) is 18.4 Å². The summed E-state index contributed by atoms with van der Waals surface area (Å²) in [5.41, 5.74) is -5.56. The Morgan fingerprint density at radius 2 is 2.00 bits per heavy atom. The third-order valence-corrected chi connectivity index (χ3v) is 6.66. The van der Waals surface area contributed by atoms with Crippen molar-refractivity contribution in [3.05, 3.63) is 0 Å². The fourth-order valence-electron chi connectivity index (χ4n) is 4.71. The lowest BCUT2D eigenvalue weighted by Gasteiger charge is -2.37. The predicted molar refractivity (Wildman–Crippen MR) is 117 cm³/mol. The summed E-state index contributed by atoms with van der Waals surface area (Å²) in [6, 6.07) is -7.91. The van der Waals surface area contributed by atoms with Gasteiger partial charge in [-0.1, -0.05) is 34.4 Å². The van der Waals surface area contributed by atoms with Gasteiger partial charge in [0.05, 0.1) is 8.81 Å². The lowest BCUT2D eigenvalue weighted by atomic mass is 9.85. The Bertz CT molecular complexity index is 1360. The number of halogens is 3. The minimum absolute atomic E-state index is 0.0219. The van der Waals surface area contributed by atoms with Crippen LogP contribution in [0.15, 0.2) is 0 Å². The van der Waals surface area contributed by atoms with Crippen molar-refractivity contribution in [1.29, 1.82) is 5.26 Å². The molecule has 3 aliphatic rings. The van der Waals surface area contributed by atoms with Crippen LogP contribution in [0.2, 0.25) is 0 Å². The number of carbonyl (C=O) groups is 4. The van der Waals surface area contributed by atoms with E-state index in [1.165, 1.54) is 6.07 Å². The van der Waals surface area contributed by atoms with Gasteiger partial charge in [0.1, 0.15) is 18.1 Å². The van der Waals surface area contributed by atoms with Crippen LogP contribution in [-0.4, -0.2) is 65.9 Å². The molecular weight excluding hydrogens is 467 g/mol. The predicted octanol–water partition coefficient (Wildman–Crippen LogP) is 1.10. The van der Waals surface area contributed by atoms with E-state index in [4.69, 9.17) is 16.4 Å². The van der Waals surface area contributed by atoms with Gasteiger partial charge in [0.2, 0.25) is 17.7 Å². The molecule has 6 atom stereocenters. The Kier molecular flexibility index (Phi) is 3.76. The number of carbonyl (C=O) groups excluding carboxylic acids is 4. The molecule has 3 rings (SSSR count). The highest BCUT2D eigenvalue weighted by Gasteiger charge is 2.70. The molecule has 0 radical (unpaired) electrons. The van der Waals surface area contributed by atoms with Crippen molar-refractivity contribution in [1.82, 2.24) is 20.9 Å². The summed E-state index contributed by atoms with van der Waals surface area (Å²) < 4.78 is 137. The first-order chi connectivity index (χ1) is 20.8.